The van der Waals surface area contributed by atoms with Gasteiger partial charge in [0.05, 0.1) is 12.6 Å². The summed E-state index contributed by atoms with van der Waals surface area (Å²) in [5, 5.41) is 0. The van der Waals surface area contributed by atoms with Crippen LogP contribution in [0.2, 0.25) is 0 Å². The Labute approximate surface area is 47.8 Å². The summed E-state index contributed by atoms with van der Waals surface area (Å²) in [6.45, 7) is 0.712. The van der Waals surface area contributed by atoms with Gasteiger partial charge in [0.15, 0.2) is 0 Å². The van der Waals surface area contributed by atoms with E-state index in [1.54, 1.807) is 0 Å². The first-order valence-electron chi connectivity index (χ1n) is 2.16. The molecule has 0 saturated carbocycles. The van der Waals surface area contributed by atoms with Gasteiger partial charge < -0.3 is 0 Å². The molecule has 1 aliphatic rings. The Bertz CT molecular complexity index is 54.9. The molecule has 1 fully saturated rings. The maximum absolute atomic E-state index is 4.74. The molecule has 0 bridgehead atoms. The monoisotopic (exact) mass is 120 g/mol. The normalized spacial score (nSPS) is 31.3. The number of nitrogens with one attached hydrogen (secondary N) is 2. The van der Waals surface area contributed by atoms with Crippen LogP contribution in [0.1, 0.15) is 0 Å². The van der Waals surface area contributed by atoms with Gasteiger partial charge in [-0.1, -0.05) is 0 Å². The second-order valence-corrected chi connectivity index (χ2v) is 1.80. The molecular formula is C3H8N2OS. The number of hydrazine groups is 1. The molecule has 1 atom stereocenters. The molecule has 7 heavy (non-hydrogen) atoms. The molecule has 1 heterocycles. The SMILES string of the molecule is SCC1CONN1. The fraction of sp³-hybridized carbons (Fsp3) is 1.00. The quantitative estimate of drug-likeness (QED) is 0.401. The highest BCUT2D eigenvalue weighted by molar-refractivity contribution is 7.80. The largest absolute Gasteiger partial charge is 0.285 e. The average Bonchev–Trinajstić information content (AvgIpc) is 2.14. The van der Waals surface area contributed by atoms with Gasteiger partial charge in [-0.05, 0) is 0 Å². The third-order valence-corrected chi connectivity index (χ3v) is 1.28. The summed E-state index contributed by atoms with van der Waals surface area (Å²) in [7, 11) is 0. The summed E-state index contributed by atoms with van der Waals surface area (Å²) in [6, 6.07) is 0.378. The van der Waals surface area contributed by atoms with E-state index >= 15 is 0 Å². The molecule has 3 nitrogen and oxygen atoms in total. The molecule has 0 aromatic rings. The Morgan fingerprint density at radius 3 is 3.00 bits per heavy atom. The fourth-order valence-electron chi connectivity index (χ4n) is 0.407. The third kappa shape index (κ3) is 1.31. The van der Waals surface area contributed by atoms with Gasteiger partial charge in [-0.3, -0.25) is 4.84 Å². The summed E-state index contributed by atoms with van der Waals surface area (Å²) in [5.41, 5.74) is 5.38. The highest BCUT2D eigenvalue weighted by atomic mass is 32.1. The van der Waals surface area contributed by atoms with Crippen LogP contribution < -0.4 is 11.0 Å². The van der Waals surface area contributed by atoms with E-state index < -0.39 is 0 Å². The van der Waals surface area contributed by atoms with E-state index in [4.69, 9.17) is 4.84 Å². The molecule has 0 spiro atoms. The predicted molar refractivity (Wildman–Crippen MR) is 29.9 cm³/mol. The minimum absolute atomic E-state index is 0.378. The van der Waals surface area contributed by atoms with Gasteiger partial charge in [0.2, 0.25) is 0 Å². The minimum atomic E-state index is 0.378. The highest BCUT2D eigenvalue weighted by Crippen LogP contribution is 1.90. The molecule has 1 unspecified atom stereocenters. The zero-order chi connectivity index (χ0) is 5.11. The summed E-state index contributed by atoms with van der Waals surface area (Å²) < 4.78 is 0. The lowest BCUT2D eigenvalue weighted by Crippen LogP contribution is -2.31. The van der Waals surface area contributed by atoms with Crippen LogP contribution in [0.3, 0.4) is 0 Å². The van der Waals surface area contributed by atoms with Crippen molar-refractivity contribution in [2.24, 2.45) is 0 Å². The summed E-state index contributed by atoms with van der Waals surface area (Å²) in [6.07, 6.45) is 0. The molecule has 1 rings (SSSR count). The van der Waals surface area contributed by atoms with Crippen LogP contribution >= 0.6 is 12.6 Å². The smallest absolute Gasteiger partial charge is 0.0874 e. The molecule has 0 radical (unpaired) electrons. The molecule has 0 aliphatic carbocycles. The number of thiol groups is 1. The van der Waals surface area contributed by atoms with Crippen LogP contribution in [0.15, 0.2) is 0 Å². The molecule has 0 aromatic heterocycles. The van der Waals surface area contributed by atoms with Crippen molar-refractivity contribution < 1.29 is 4.84 Å². The first-order chi connectivity index (χ1) is 3.43. The maximum atomic E-state index is 4.74. The van der Waals surface area contributed by atoms with E-state index in [0.717, 1.165) is 5.75 Å². The Kier molecular flexibility index (Phi) is 1.93. The first-order valence-corrected chi connectivity index (χ1v) is 2.80. The van der Waals surface area contributed by atoms with Gasteiger partial charge in [0.25, 0.3) is 0 Å². The predicted octanol–water partition coefficient (Wildman–Crippen LogP) is -0.676. The minimum Gasteiger partial charge on any atom is -0.285 e. The molecule has 0 amide bonds. The van der Waals surface area contributed by atoms with E-state index in [1.165, 1.54) is 0 Å². The van der Waals surface area contributed by atoms with Gasteiger partial charge in [-0.15, -0.1) is 5.59 Å². The molecule has 0 aromatic carbocycles. The van der Waals surface area contributed by atoms with Crippen molar-refractivity contribution in [2.45, 2.75) is 6.04 Å². The van der Waals surface area contributed by atoms with Crippen LogP contribution in [-0.2, 0) is 4.84 Å². The topological polar surface area (TPSA) is 33.3 Å². The van der Waals surface area contributed by atoms with Crippen molar-refractivity contribution >= 4 is 12.6 Å². The Morgan fingerprint density at radius 2 is 2.71 bits per heavy atom. The van der Waals surface area contributed by atoms with E-state index in [0.29, 0.717) is 12.6 Å². The van der Waals surface area contributed by atoms with Gasteiger partial charge in [-0.25, -0.2) is 5.43 Å². The number of hydrogen-bond acceptors (Lipinski definition) is 4. The zero-order valence-corrected chi connectivity index (χ0v) is 4.74. The van der Waals surface area contributed by atoms with E-state index in [-0.39, 0.29) is 0 Å². The van der Waals surface area contributed by atoms with Gasteiger partial charge >= 0.3 is 0 Å². The van der Waals surface area contributed by atoms with Crippen LogP contribution in [-0.4, -0.2) is 18.4 Å². The van der Waals surface area contributed by atoms with E-state index in [1.807, 2.05) is 0 Å². The summed E-state index contributed by atoms with van der Waals surface area (Å²) >= 11 is 4.03. The third-order valence-electron chi connectivity index (χ3n) is 0.840. The maximum Gasteiger partial charge on any atom is 0.0874 e. The van der Waals surface area contributed by atoms with E-state index in [9.17, 15) is 0 Å². The molecule has 1 aliphatic heterocycles. The van der Waals surface area contributed by atoms with Crippen molar-refractivity contribution in [1.29, 1.82) is 0 Å². The highest BCUT2D eigenvalue weighted by Gasteiger charge is 2.10. The zero-order valence-electron chi connectivity index (χ0n) is 3.85. The summed E-state index contributed by atoms with van der Waals surface area (Å²) in [5.74, 6) is 0.812. The van der Waals surface area contributed by atoms with Crippen molar-refractivity contribution in [3.8, 4) is 0 Å². The second-order valence-electron chi connectivity index (χ2n) is 1.44. The second kappa shape index (κ2) is 2.52. The fourth-order valence-corrected chi connectivity index (χ4v) is 0.604. The first kappa shape index (κ1) is 5.37. The standard InChI is InChI=1S/C3H8N2OS/c7-2-3-1-6-5-4-3/h3-5,7H,1-2H2. The lowest BCUT2D eigenvalue weighted by molar-refractivity contribution is 0.0849. The van der Waals surface area contributed by atoms with Crippen molar-refractivity contribution in [3.63, 3.8) is 0 Å². The Morgan fingerprint density at radius 1 is 1.86 bits per heavy atom. The van der Waals surface area contributed by atoms with Crippen molar-refractivity contribution in [3.05, 3.63) is 0 Å². The van der Waals surface area contributed by atoms with Gasteiger partial charge in [-0.2, -0.15) is 12.6 Å². The molecule has 2 N–H and O–H groups in total. The molecule has 42 valence electrons. The number of rotatable bonds is 1. The van der Waals surface area contributed by atoms with Gasteiger partial charge in [0.1, 0.15) is 0 Å². The van der Waals surface area contributed by atoms with Gasteiger partial charge in [0, 0.05) is 5.75 Å². The van der Waals surface area contributed by atoms with Crippen LogP contribution in [0.4, 0.5) is 0 Å². The molecule has 4 heteroatoms. The summed E-state index contributed by atoms with van der Waals surface area (Å²) in [4.78, 5) is 4.74. The lowest BCUT2D eigenvalue weighted by Gasteiger charge is -1.97. The molecule has 1 saturated heterocycles. The molecular weight excluding hydrogens is 112 g/mol. The van der Waals surface area contributed by atoms with E-state index in [2.05, 4.69) is 23.6 Å². The van der Waals surface area contributed by atoms with Crippen LogP contribution in [0.25, 0.3) is 0 Å². The van der Waals surface area contributed by atoms with Crippen molar-refractivity contribution in [1.82, 2.24) is 11.0 Å². The van der Waals surface area contributed by atoms with Crippen LogP contribution in [0, 0.1) is 0 Å². The average molecular weight is 120 g/mol. The lowest BCUT2D eigenvalue weighted by atomic mass is 10.4. The van der Waals surface area contributed by atoms with Crippen LogP contribution in [0.5, 0.6) is 0 Å². The van der Waals surface area contributed by atoms with Crippen molar-refractivity contribution in [2.75, 3.05) is 12.4 Å². The Balaban J connectivity index is 2.14. The Hall–Kier alpha value is 0.230. The number of hydrogen-bond donors (Lipinski definition) is 3.